The number of hydrogen-bond acceptors (Lipinski definition) is 2. The molecule has 2 unspecified atom stereocenters. The van der Waals surface area contributed by atoms with E-state index >= 15 is 0 Å². The molecule has 1 aliphatic rings. The summed E-state index contributed by atoms with van der Waals surface area (Å²) in [5.41, 5.74) is 2.36. The minimum atomic E-state index is 0.283. The van der Waals surface area contributed by atoms with Crippen molar-refractivity contribution in [2.24, 2.45) is 0 Å². The van der Waals surface area contributed by atoms with E-state index in [0.717, 1.165) is 23.1 Å². The van der Waals surface area contributed by atoms with E-state index in [0.29, 0.717) is 5.88 Å². The lowest BCUT2D eigenvalue weighted by Crippen LogP contribution is -2.45. The number of rotatable bonds is 2. The van der Waals surface area contributed by atoms with Crippen LogP contribution in [0.2, 0.25) is 0 Å². The Labute approximate surface area is 116 Å². The van der Waals surface area contributed by atoms with Gasteiger partial charge in [0.05, 0.1) is 12.2 Å². The fourth-order valence-electron chi connectivity index (χ4n) is 2.23. The number of hydrogen-bond donors (Lipinski definition) is 0. The highest BCUT2D eigenvalue weighted by Gasteiger charge is 2.22. The molecule has 1 heterocycles. The third kappa shape index (κ3) is 3.15. The summed E-state index contributed by atoms with van der Waals surface area (Å²) in [6.45, 7) is 6.11. The molecule has 2 atom stereocenters. The minimum absolute atomic E-state index is 0.283. The van der Waals surface area contributed by atoms with Crippen LogP contribution in [0.4, 0.5) is 5.69 Å². The molecule has 0 amide bonds. The van der Waals surface area contributed by atoms with E-state index < -0.39 is 0 Å². The van der Waals surface area contributed by atoms with E-state index in [1.807, 2.05) is 0 Å². The predicted octanol–water partition coefficient (Wildman–Crippen LogP) is 3.80. The van der Waals surface area contributed by atoms with Gasteiger partial charge in [-0.05, 0) is 31.5 Å². The average Bonchev–Trinajstić information content (AvgIpc) is 2.27. The van der Waals surface area contributed by atoms with E-state index in [4.69, 9.17) is 16.3 Å². The number of nitrogens with zero attached hydrogens (tertiary/aromatic N) is 1. The first-order chi connectivity index (χ1) is 8.10. The topological polar surface area (TPSA) is 12.5 Å². The van der Waals surface area contributed by atoms with Gasteiger partial charge in [-0.1, -0.05) is 22.0 Å². The Balaban J connectivity index is 2.19. The standard InChI is InChI=1S/C13H17BrClNO/c1-9-7-16(8-10(2)17-9)12-4-3-11(6-15)13(14)5-12/h3-5,9-10H,6-8H2,1-2H3. The van der Waals surface area contributed by atoms with Crippen LogP contribution in [0.5, 0.6) is 0 Å². The molecule has 0 N–H and O–H groups in total. The van der Waals surface area contributed by atoms with Gasteiger partial charge >= 0.3 is 0 Å². The van der Waals surface area contributed by atoms with Crippen molar-refractivity contribution in [2.45, 2.75) is 31.9 Å². The first-order valence-corrected chi connectivity index (χ1v) is 7.17. The predicted molar refractivity (Wildman–Crippen MR) is 75.9 cm³/mol. The lowest BCUT2D eigenvalue weighted by molar-refractivity contribution is -0.00521. The maximum absolute atomic E-state index is 5.85. The number of alkyl halides is 1. The molecule has 0 aliphatic carbocycles. The van der Waals surface area contributed by atoms with Gasteiger partial charge in [-0.15, -0.1) is 11.6 Å². The third-order valence-electron chi connectivity index (χ3n) is 2.97. The zero-order valence-corrected chi connectivity index (χ0v) is 12.5. The van der Waals surface area contributed by atoms with E-state index in [-0.39, 0.29) is 12.2 Å². The largest absolute Gasteiger partial charge is 0.372 e. The molecule has 2 nitrogen and oxygen atoms in total. The summed E-state index contributed by atoms with van der Waals surface area (Å²) in [4.78, 5) is 2.36. The average molecular weight is 319 g/mol. The molecular weight excluding hydrogens is 302 g/mol. The number of benzene rings is 1. The van der Waals surface area contributed by atoms with Crippen LogP contribution in [0.25, 0.3) is 0 Å². The highest BCUT2D eigenvalue weighted by Crippen LogP contribution is 2.27. The van der Waals surface area contributed by atoms with Crippen LogP contribution in [-0.2, 0) is 10.6 Å². The van der Waals surface area contributed by atoms with Crippen LogP contribution >= 0.6 is 27.5 Å². The number of halogens is 2. The normalized spacial score (nSPS) is 25.1. The molecule has 0 aromatic heterocycles. The van der Waals surface area contributed by atoms with Crippen molar-refractivity contribution in [3.8, 4) is 0 Å². The summed E-state index contributed by atoms with van der Waals surface area (Å²) in [6, 6.07) is 6.35. The molecule has 2 rings (SSSR count). The van der Waals surface area contributed by atoms with E-state index in [2.05, 4.69) is 52.9 Å². The van der Waals surface area contributed by atoms with Crippen molar-refractivity contribution in [1.29, 1.82) is 0 Å². The third-order valence-corrected chi connectivity index (χ3v) is 3.99. The van der Waals surface area contributed by atoms with Gasteiger partial charge in [-0.3, -0.25) is 0 Å². The minimum Gasteiger partial charge on any atom is -0.372 e. The molecule has 1 aromatic rings. The number of ether oxygens (including phenoxy) is 1. The van der Waals surface area contributed by atoms with Crippen LogP contribution in [0, 0.1) is 0 Å². The summed E-state index contributed by atoms with van der Waals surface area (Å²) < 4.78 is 6.82. The van der Waals surface area contributed by atoms with Crippen molar-refractivity contribution in [1.82, 2.24) is 0 Å². The van der Waals surface area contributed by atoms with Gasteiger partial charge in [-0.2, -0.15) is 0 Å². The number of anilines is 1. The fraction of sp³-hybridized carbons (Fsp3) is 0.538. The van der Waals surface area contributed by atoms with Gasteiger partial charge in [0.25, 0.3) is 0 Å². The van der Waals surface area contributed by atoms with Gasteiger partial charge in [-0.25, -0.2) is 0 Å². The van der Waals surface area contributed by atoms with Crippen molar-refractivity contribution in [3.05, 3.63) is 28.2 Å². The first-order valence-electron chi connectivity index (χ1n) is 5.85. The maximum Gasteiger partial charge on any atom is 0.0726 e. The second kappa shape index (κ2) is 5.59. The van der Waals surface area contributed by atoms with Crippen molar-refractivity contribution >= 4 is 33.2 Å². The lowest BCUT2D eigenvalue weighted by atomic mass is 10.1. The Morgan fingerprint density at radius 3 is 2.53 bits per heavy atom. The maximum atomic E-state index is 5.85. The Morgan fingerprint density at radius 1 is 1.35 bits per heavy atom. The van der Waals surface area contributed by atoms with Crippen molar-refractivity contribution in [3.63, 3.8) is 0 Å². The van der Waals surface area contributed by atoms with Gasteiger partial charge in [0, 0.05) is 29.1 Å². The van der Waals surface area contributed by atoms with Crippen molar-refractivity contribution in [2.75, 3.05) is 18.0 Å². The molecule has 0 bridgehead atoms. The van der Waals surface area contributed by atoms with Crippen LogP contribution in [0.1, 0.15) is 19.4 Å². The first kappa shape index (κ1) is 13.2. The molecule has 0 spiro atoms. The van der Waals surface area contributed by atoms with Crippen LogP contribution in [0.15, 0.2) is 22.7 Å². The molecule has 0 radical (unpaired) electrons. The highest BCUT2D eigenvalue weighted by atomic mass is 79.9. The quantitative estimate of drug-likeness (QED) is 0.769. The summed E-state index contributed by atoms with van der Waals surface area (Å²) in [5.74, 6) is 0.538. The molecule has 17 heavy (non-hydrogen) atoms. The summed E-state index contributed by atoms with van der Waals surface area (Å²) in [5, 5.41) is 0. The number of morpholine rings is 1. The van der Waals surface area contributed by atoms with E-state index in [1.54, 1.807) is 0 Å². The molecule has 1 aliphatic heterocycles. The molecular formula is C13H17BrClNO. The van der Waals surface area contributed by atoms with Crippen molar-refractivity contribution < 1.29 is 4.74 Å². The Morgan fingerprint density at radius 2 is 2.00 bits per heavy atom. The molecule has 4 heteroatoms. The second-order valence-electron chi connectivity index (χ2n) is 4.57. The lowest BCUT2D eigenvalue weighted by Gasteiger charge is -2.37. The molecule has 94 valence electrons. The van der Waals surface area contributed by atoms with Gasteiger partial charge in [0.15, 0.2) is 0 Å². The molecule has 0 saturated carbocycles. The summed E-state index contributed by atoms with van der Waals surface area (Å²) in [6.07, 6.45) is 0.565. The Kier molecular flexibility index (Phi) is 4.34. The van der Waals surface area contributed by atoms with Gasteiger partial charge in [0.1, 0.15) is 0 Å². The van der Waals surface area contributed by atoms with Crippen LogP contribution < -0.4 is 4.90 Å². The van der Waals surface area contributed by atoms with Gasteiger partial charge in [0.2, 0.25) is 0 Å². The summed E-state index contributed by atoms with van der Waals surface area (Å²) in [7, 11) is 0. The highest BCUT2D eigenvalue weighted by molar-refractivity contribution is 9.10. The van der Waals surface area contributed by atoms with E-state index in [9.17, 15) is 0 Å². The SMILES string of the molecule is CC1CN(c2ccc(CCl)c(Br)c2)CC(C)O1. The van der Waals surface area contributed by atoms with Crippen LogP contribution in [-0.4, -0.2) is 25.3 Å². The monoisotopic (exact) mass is 317 g/mol. The van der Waals surface area contributed by atoms with Gasteiger partial charge < -0.3 is 9.64 Å². The van der Waals surface area contributed by atoms with Crippen LogP contribution in [0.3, 0.4) is 0 Å². The molecule has 1 saturated heterocycles. The Hall–Kier alpha value is -0.250. The second-order valence-corrected chi connectivity index (χ2v) is 5.69. The zero-order valence-electron chi connectivity index (χ0n) is 10.1. The fourth-order valence-corrected chi connectivity index (χ4v) is 3.13. The summed E-state index contributed by atoms with van der Waals surface area (Å²) >= 11 is 9.41. The smallest absolute Gasteiger partial charge is 0.0726 e. The molecule has 1 fully saturated rings. The Bertz CT molecular complexity index is 389. The molecule has 1 aromatic carbocycles. The zero-order chi connectivity index (χ0) is 12.4. The van der Waals surface area contributed by atoms with E-state index in [1.165, 1.54) is 5.69 Å².